The van der Waals surface area contributed by atoms with Crippen molar-refractivity contribution in [2.45, 2.75) is 5.92 Å². The van der Waals surface area contributed by atoms with Crippen LogP contribution in [0, 0.1) is 0 Å². The second kappa shape index (κ2) is 6.17. The van der Waals surface area contributed by atoms with Crippen LogP contribution >= 0.6 is 0 Å². The van der Waals surface area contributed by atoms with Gasteiger partial charge in [0.05, 0.1) is 13.2 Å². The minimum atomic E-state index is -0.851. The molecule has 2 aromatic rings. The summed E-state index contributed by atoms with van der Waals surface area (Å²) in [6, 6.07) is 16.1. The van der Waals surface area contributed by atoms with Gasteiger partial charge in [-0.25, -0.2) is 4.79 Å². The first-order chi connectivity index (χ1) is 10.7. The van der Waals surface area contributed by atoms with Gasteiger partial charge in [-0.1, -0.05) is 48.5 Å². The molecule has 0 aromatic heterocycles. The van der Waals surface area contributed by atoms with E-state index in [1.165, 1.54) is 0 Å². The Morgan fingerprint density at radius 3 is 2.14 bits per heavy atom. The van der Waals surface area contributed by atoms with Gasteiger partial charge in [-0.05, 0) is 22.3 Å². The van der Waals surface area contributed by atoms with E-state index >= 15 is 0 Å². The van der Waals surface area contributed by atoms with E-state index in [2.05, 4.69) is 12.1 Å². The lowest BCUT2D eigenvalue weighted by Crippen LogP contribution is -2.31. The van der Waals surface area contributed by atoms with Crippen molar-refractivity contribution in [3.63, 3.8) is 0 Å². The first-order valence-electron chi connectivity index (χ1n) is 7.14. The average Bonchev–Trinajstić information content (AvgIpc) is 2.87. The SMILES string of the molecule is O=C(OCC1c2ccccc2-c2ccccc21)N(O)CCO. The van der Waals surface area contributed by atoms with Gasteiger partial charge in [0, 0.05) is 5.92 Å². The Kier molecular flexibility index (Phi) is 4.09. The highest BCUT2D eigenvalue weighted by Gasteiger charge is 2.29. The number of carbonyl (C=O) groups is 1. The monoisotopic (exact) mass is 299 g/mol. The molecule has 0 saturated heterocycles. The molecule has 22 heavy (non-hydrogen) atoms. The third-order valence-corrected chi connectivity index (χ3v) is 3.86. The number of amides is 1. The Bertz CT molecular complexity index is 640. The Hall–Kier alpha value is -2.37. The molecule has 0 saturated carbocycles. The van der Waals surface area contributed by atoms with Crippen molar-refractivity contribution in [2.24, 2.45) is 0 Å². The van der Waals surface area contributed by atoms with Crippen molar-refractivity contribution in [3.05, 3.63) is 59.7 Å². The average molecular weight is 299 g/mol. The normalized spacial score (nSPS) is 12.6. The number of ether oxygens (including phenoxy) is 1. The van der Waals surface area contributed by atoms with Crippen LogP contribution < -0.4 is 0 Å². The maximum absolute atomic E-state index is 11.7. The quantitative estimate of drug-likeness (QED) is 0.672. The molecule has 3 rings (SSSR count). The number of aliphatic hydroxyl groups is 1. The van der Waals surface area contributed by atoms with E-state index in [0.29, 0.717) is 5.06 Å². The standard InChI is InChI=1S/C17H17NO4/c19-10-9-18(21)17(20)22-11-16-14-7-3-1-5-12(14)13-6-2-4-8-15(13)16/h1-8,16,19,21H,9-11H2. The maximum atomic E-state index is 11.7. The van der Waals surface area contributed by atoms with E-state index < -0.39 is 6.09 Å². The number of benzene rings is 2. The Morgan fingerprint density at radius 1 is 1.05 bits per heavy atom. The van der Waals surface area contributed by atoms with Gasteiger partial charge in [0.1, 0.15) is 6.61 Å². The molecule has 2 N–H and O–H groups in total. The fourth-order valence-electron chi connectivity index (χ4n) is 2.85. The minimum Gasteiger partial charge on any atom is -0.447 e. The van der Waals surface area contributed by atoms with Gasteiger partial charge in [0.15, 0.2) is 0 Å². The van der Waals surface area contributed by atoms with Gasteiger partial charge in [0.2, 0.25) is 0 Å². The molecule has 1 aliphatic carbocycles. The van der Waals surface area contributed by atoms with Gasteiger partial charge in [0.25, 0.3) is 0 Å². The van der Waals surface area contributed by atoms with Crippen LogP contribution in [0.3, 0.4) is 0 Å². The number of hydrogen-bond acceptors (Lipinski definition) is 4. The first kappa shape index (κ1) is 14.6. The van der Waals surface area contributed by atoms with Crippen molar-refractivity contribution < 1.29 is 19.8 Å². The number of fused-ring (bicyclic) bond motifs is 3. The highest BCUT2D eigenvalue weighted by atomic mass is 16.6. The lowest BCUT2D eigenvalue weighted by Gasteiger charge is -2.17. The summed E-state index contributed by atoms with van der Waals surface area (Å²) in [6.45, 7) is -0.341. The second-order valence-electron chi connectivity index (χ2n) is 5.15. The lowest BCUT2D eigenvalue weighted by atomic mass is 9.98. The summed E-state index contributed by atoms with van der Waals surface area (Å²) in [7, 11) is 0. The molecular weight excluding hydrogens is 282 g/mol. The van der Waals surface area contributed by atoms with Crippen LogP contribution in [0.15, 0.2) is 48.5 Å². The molecule has 1 aliphatic rings. The first-order valence-corrected chi connectivity index (χ1v) is 7.14. The van der Waals surface area contributed by atoms with Crippen molar-refractivity contribution in [1.29, 1.82) is 0 Å². The second-order valence-corrected chi connectivity index (χ2v) is 5.15. The minimum absolute atomic E-state index is 0.0427. The van der Waals surface area contributed by atoms with E-state index in [0.717, 1.165) is 22.3 Å². The van der Waals surface area contributed by atoms with Crippen LogP contribution in [0.25, 0.3) is 11.1 Å². The molecule has 0 unspecified atom stereocenters. The summed E-state index contributed by atoms with van der Waals surface area (Å²) in [5.74, 6) is -0.0427. The molecule has 0 bridgehead atoms. The molecule has 0 radical (unpaired) electrons. The van der Waals surface area contributed by atoms with Crippen molar-refractivity contribution in [2.75, 3.05) is 19.8 Å². The van der Waals surface area contributed by atoms with Crippen molar-refractivity contribution in [3.8, 4) is 11.1 Å². The molecule has 0 spiro atoms. The van der Waals surface area contributed by atoms with Gasteiger partial charge in [-0.2, -0.15) is 5.06 Å². The number of carbonyl (C=O) groups excluding carboxylic acids is 1. The summed E-state index contributed by atoms with van der Waals surface area (Å²) in [5.41, 5.74) is 4.53. The van der Waals surface area contributed by atoms with Crippen LogP contribution in [0.5, 0.6) is 0 Å². The number of aliphatic hydroxyl groups excluding tert-OH is 1. The van der Waals surface area contributed by atoms with Crippen LogP contribution in [-0.2, 0) is 4.74 Å². The molecule has 5 heteroatoms. The summed E-state index contributed by atoms with van der Waals surface area (Å²) in [6.07, 6.45) is -0.851. The largest absolute Gasteiger partial charge is 0.447 e. The van der Waals surface area contributed by atoms with E-state index in [9.17, 15) is 10.0 Å². The summed E-state index contributed by atoms with van der Waals surface area (Å²) >= 11 is 0. The third kappa shape index (κ3) is 2.56. The number of hydroxylamine groups is 2. The smallest absolute Gasteiger partial charge is 0.433 e. The molecule has 1 amide bonds. The summed E-state index contributed by atoms with van der Waals surface area (Å²) < 4.78 is 5.18. The fourth-order valence-corrected chi connectivity index (χ4v) is 2.85. The molecule has 0 heterocycles. The summed E-state index contributed by atoms with van der Waals surface area (Å²) in [5, 5.41) is 18.5. The Morgan fingerprint density at radius 2 is 1.59 bits per heavy atom. The zero-order chi connectivity index (χ0) is 15.5. The van der Waals surface area contributed by atoms with Gasteiger partial charge >= 0.3 is 6.09 Å². The third-order valence-electron chi connectivity index (χ3n) is 3.86. The van der Waals surface area contributed by atoms with Gasteiger partial charge in [-0.15, -0.1) is 0 Å². The zero-order valence-electron chi connectivity index (χ0n) is 12.0. The van der Waals surface area contributed by atoms with E-state index in [1.54, 1.807) is 0 Å². The van der Waals surface area contributed by atoms with Gasteiger partial charge < -0.3 is 9.84 Å². The van der Waals surface area contributed by atoms with Crippen molar-refractivity contribution in [1.82, 2.24) is 5.06 Å². The maximum Gasteiger partial charge on any atom is 0.433 e. The van der Waals surface area contributed by atoms with Crippen LogP contribution in [0.2, 0.25) is 0 Å². The molecule has 5 nitrogen and oxygen atoms in total. The van der Waals surface area contributed by atoms with E-state index in [-0.39, 0.29) is 25.7 Å². The van der Waals surface area contributed by atoms with Crippen LogP contribution in [0.1, 0.15) is 17.0 Å². The topological polar surface area (TPSA) is 70.0 Å². The van der Waals surface area contributed by atoms with E-state index in [4.69, 9.17) is 9.84 Å². The number of nitrogens with zero attached hydrogens (tertiary/aromatic N) is 1. The number of hydrogen-bond donors (Lipinski definition) is 2. The highest BCUT2D eigenvalue weighted by molar-refractivity contribution is 5.79. The van der Waals surface area contributed by atoms with Crippen LogP contribution in [-0.4, -0.2) is 41.2 Å². The fraction of sp³-hybridized carbons (Fsp3) is 0.235. The predicted octanol–water partition coefficient (Wildman–Crippen LogP) is 2.62. The molecule has 0 atom stereocenters. The van der Waals surface area contributed by atoms with Crippen molar-refractivity contribution >= 4 is 6.09 Å². The molecular formula is C17H17NO4. The van der Waals surface area contributed by atoms with E-state index in [1.807, 2.05) is 36.4 Å². The number of rotatable bonds is 4. The summed E-state index contributed by atoms with van der Waals surface area (Å²) in [4.78, 5) is 11.7. The predicted molar refractivity (Wildman–Crippen MR) is 80.6 cm³/mol. The van der Waals surface area contributed by atoms with Gasteiger partial charge in [-0.3, -0.25) is 5.21 Å². The molecule has 114 valence electrons. The molecule has 2 aromatic carbocycles. The highest BCUT2D eigenvalue weighted by Crippen LogP contribution is 2.44. The lowest BCUT2D eigenvalue weighted by molar-refractivity contribution is -0.0813. The Balaban J connectivity index is 1.81. The molecule has 0 fully saturated rings. The Labute approximate surface area is 128 Å². The van der Waals surface area contributed by atoms with Crippen LogP contribution in [0.4, 0.5) is 4.79 Å². The zero-order valence-corrected chi connectivity index (χ0v) is 12.0. The molecule has 0 aliphatic heterocycles.